The summed E-state index contributed by atoms with van der Waals surface area (Å²) in [5.74, 6) is 0.550. The van der Waals surface area contributed by atoms with Gasteiger partial charge >= 0.3 is 0 Å². The lowest BCUT2D eigenvalue weighted by Gasteiger charge is -2.08. The van der Waals surface area contributed by atoms with Crippen LogP contribution >= 0.6 is 0 Å². The zero-order valence-corrected chi connectivity index (χ0v) is 8.07. The Kier molecular flexibility index (Phi) is 4.03. The molecule has 0 aliphatic rings. The summed E-state index contributed by atoms with van der Waals surface area (Å²) in [5.41, 5.74) is 0.349. The lowest BCUT2D eigenvalue weighted by atomic mass is 10.2. The molecule has 1 aromatic carbocycles. The highest BCUT2D eigenvalue weighted by Gasteiger charge is 2.07. The molecule has 0 spiro atoms. The fraction of sp³-hybridized carbons (Fsp3) is 0.300. The summed E-state index contributed by atoms with van der Waals surface area (Å²) >= 11 is 0. The molecule has 0 aliphatic carbocycles. The van der Waals surface area contributed by atoms with Crippen LogP contribution in [0.5, 0.6) is 11.5 Å². The van der Waals surface area contributed by atoms with Crippen LogP contribution in [-0.4, -0.2) is 26.4 Å². The summed E-state index contributed by atoms with van der Waals surface area (Å²) in [4.78, 5) is 10.5. The molecule has 1 aromatic rings. The van der Waals surface area contributed by atoms with E-state index in [1.54, 1.807) is 0 Å². The molecule has 15 heavy (non-hydrogen) atoms. The van der Waals surface area contributed by atoms with Crippen LogP contribution in [0.3, 0.4) is 0 Å². The Balaban J connectivity index is 2.79. The number of hydrogen-bond donors (Lipinski definition) is 0. The maximum Gasteiger partial charge on any atom is 0.272 e. The summed E-state index contributed by atoms with van der Waals surface area (Å²) in [6.07, 6.45) is -1.91. The Bertz CT molecular complexity index is 339. The summed E-state index contributed by atoms with van der Waals surface area (Å²) in [6, 6.07) is 4.29. The van der Waals surface area contributed by atoms with Gasteiger partial charge in [-0.05, 0) is 12.1 Å². The first-order chi connectivity index (χ1) is 7.17. The Morgan fingerprint density at radius 3 is 2.73 bits per heavy atom. The smallest absolute Gasteiger partial charge is 0.272 e. The molecule has 0 bridgehead atoms. The molecule has 0 N–H and O–H groups in total. The highest BCUT2D eigenvalue weighted by molar-refractivity contribution is 5.79. The van der Waals surface area contributed by atoms with Crippen molar-refractivity contribution in [2.75, 3.05) is 13.7 Å². The zero-order chi connectivity index (χ0) is 11.3. The van der Waals surface area contributed by atoms with Gasteiger partial charge in [0.15, 0.2) is 6.29 Å². The number of alkyl halides is 2. The standard InChI is InChI=1S/C10H10F2O3/c1-14-9-4-8(15-6-10(11)12)3-2-7(9)5-13/h2-5,10H,6H2,1H3. The van der Waals surface area contributed by atoms with Gasteiger partial charge in [0.2, 0.25) is 0 Å². The molecule has 1 rings (SSSR count). The number of carbonyl (C=O) groups is 1. The van der Waals surface area contributed by atoms with Crippen LogP contribution in [-0.2, 0) is 0 Å². The van der Waals surface area contributed by atoms with Gasteiger partial charge in [0, 0.05) is 6.07 Å². The largest absolute Gasteiger partial charge is 0.496 e. The van der Waals surface area contributed by atoms with Crippen LogP contribution in [0.25, 0.3) is 0 Å². The molecule has 0 saturated heterocycles. The molecule has 0 unspecified atom stereocenters. The second-order valence-corrected chi connectivity index (χ2v) is 2.72. The molecule has 0 aliphatic heterocycles. The van der Waals surface area contributed by atoms with Crippen LogP contribution in [0.4, 0.5) is 8.78 Å². The summed E-state index contributed by atoms with van der Waals surface area (Å²) in [5, 5.41) is 0. The minimum absolute atomic E-state index is 0.248. The number of ether oxygens (including phenoxy) is 2. The third kappa shape index (κ3) is 3.19. The van der Waals surface area contributed by atoms with Crippen molar-refractivity contribution in [2.45, 2.75) is 6.43 Å². The van der Waals surface area contributed by atoms with Crippen LogP contribution < -0.4 is 9.47 Å². The Labute approximate surface area is 85.6 Å². The van der Waals surface area contributed by atoms with Gasteiger partial charge < -0.3 is 9.47 Å². The molecule has 82 valence electrons. The molecule has 0 aromatic heterocycles. The van der Waals surface area contributed by atoms with E-state index in [0.717, 1.165) is 0 Å². The molecule has 0 atom stereocenters. The van der Waals surface area contributed by atoms with Gasteiger partial charge in [-0.15, -0.1) is 0 Å². The SMILES string of the molecule is COc1cc(OCC(F)F)ccc1C=O. The Morgan fingerprint density at radius 2 is 2.20 bits per heavy atom. The van der Waals surface area contributed by atoms with Gasteiger partial charge in [0.25, 0.3) is 6.43 Å². The minimum Gasteiger partial charge on any atom is -0.496 e. The van der Waals surface area contributed by atoms with Gasteiger partial charge in [0.05, 0.1) is 12.7 Å². The molecule has 5 heteroatoms. The fourth-order valence-electron chi connectivity index (χ4n) is 1.04. The van der Waals surface area contributed by atoms with Gasteiger partial charge in [-0.25, -0.2) is 8.78 Å². The Morgan fingerprint density at radius 1 is 1.47 bits per heavy atom. The maximum absolute atomic E-state index is 11.8. The number of rotatable bonds is 5. The molecule has 0 amide bonds. The summed E-state index contributed by atoms with van der Waals surface area (Å²) in [7, 11) is 1.39. The molecule has 0 fully saturated rings. The monoisotopic (exact) mass is 216 g/mol. The molecule has 0 heterocycles. The zero-order valence-electron chi connectivity index (χ0n) is 8.07. The van der Waals surface area contributed by atoms with Crippen LogP contribution in [0, 0.1) is 0 Å². The molecule has 0 radical (unpaired) electrons. The number of hydrogen-bond acceptors (Lipinski definition) is 3. The maximum atomic E-state index is 11.8. The van der Waals surface area contributed by atoms with Crippen LogP contribution in [0.15, 0.2) is 18.2 Å². The second kappa shape index (κ2) is 5.29. The molecule has 3 nitrogen and oxygen atoms in total. The van der Waals surface area contributed by atoms with Crippen LogP contribution in [0.2, 0.25) is 0 Å². The van der Waals surface area contributed by atoms with E-state index in [2.05, 4.69) is 0 Å². The third-order valence-corrected chi connectivity index (χ3v) is 1.71. The predicted octanol–water partition coefficient (Wildman–Crippen LogP) is 2.15. The normalized spacial score (nSPS) is 10.1. The van der Waals surface area contributed by atoms with Crippen molar-refractivity contribution in [3.8, 4) is 11.5 Å². The average molecular weight is 216 g/mol. The predicted molar refractivity (Wildman–Crippen MR) is 49.9 cm³/mol. The van der Waals surface area contributed by atoms with Crippen LogP contribution in [0.1, 0.15) is 10.4 Å². The number of carbonyl (C=O) groups excluding carboxylic acids is 1. The van der Waals surface area contributed by atoms with Gasteiger partial charge in [-0.3, -0.25) is 4.79 Å². The second-order valence-electron chi connectivity index (χ2n) is 2.72. The van der Waals surface area contributed by atoms with E-state index in [1.165, 1.54) is 25.3 Å². The van der Waals surface area contributed by atoms with Crippen molar-refractivity contribution in [3.05, 3.63) is 23.8 Å². The molecular formula is C10H10F2O3. The minimum atomic E-state index is -2.53. The highest BCUT2D eigenvalue weighted by Crippen LogP contribution is 2.23. The van der Waals surface area contributed by atoms with E-state index in [-0.39, 0.29) is 5.75 Å². The van der Waals surface area contributed by atoms with Crippen molar-refractivity contribution in [1.82, 2.24) is 0 Å². The lowest BCUT2D eigenvalue weighted by molar-refractivity contribution is 0.0817. The topological polar surface area (TPSA) is 35.5 Å². The fourth-order valence-corrected chi connectivity index (χ4v) is 1.04. The summed E-state index contributed by atoms with van der Waals surface area (Å²) in [6.45, 7) is -0.677. The first-order valence-corrected chi connectivity index (χ1v) is 4.21. The van der Waals surface area contributed by atoms with E-state index >= 15 is 0 Å². The first kappa shape index (κ1) is 11.4. The van der Waals surface area contributed by atoms with Gasteiger partial charge in [-0.1, -0.05) is 0 Å². The number of methoxy groups -OCH3 is 1. The highest BCUT2D eigenvalue weighted by atomic mass is 19.3. The number of benzene rings is 1. The van der Waals surface area contributed by atoms with Crippen molar-refractivity contribution in [2.24, 2.45) is 0 Å². The van der Waals surface area contributed by atoms with Crippen molar-refractivity contribution in [1.29, 1.82) is 0 Å². The molecular weight excluding hydrogens is 206 g/mol. The third-order valence-electron chi connectivity index (χ3n) is 1.71. The van der Waals surface area contributed by atoms with E-state index in [4.69, 9.17) is 9.47 Å². The lowest BCUT2D eigenvalue weighted by Crippen LogP contribution is -2.07. The number of halogens is 2. The summed E-state index contributed by atoms with van der Waals surface area (Å²) < 4.78 is 33.3. The van der Waals surface area contributed by atoms with E-state index < -0.39 is 13.0 Å². The van der Waals surface area contributed by atoms with E-state index in [0.29, 0.717) is 17.6 Å². The number of aldehydes is 1. The quantitative estimate of drug-likeness (QED) is 0.707. The Hall–Kier alpha value is -1.65. The van der Waals surface area contributed by atoms with Crippen molar-refractivity contribution in [3.63, 3.8) is 0 Å². The van der Waals surface area contributed by atoms with Gasteiger partial charge in [0.1, 0.15) is 18.1 Å². The first-order valence-electron chi connectivity index (χ1n) is 4.21. The van der Waals surface area contributed by atoms with E-state index in [1.807, 2.05) is 0 Å². The van der Waals surface area contributed by atoms with E-state index in [9.17, 15) is 13.6 Å². The van der Waals surface area contributed by atoms with Crippen molar-refractivity contribution >= 4 is 6.29 Å². The van der Waals surface area contributed by atoms with Crippen molar-refractivity contribution < 1.29 is 23.0 Å². The average Bonchev–Trinajstić information content (AvgIpc) is 2.25. The van der Waals surface area contributed by atoms with Gasteiger partial charge in [-0.2, -0.15) is 0 Å². The molecule has 0 saturated carbocycles.